The molecule has 0 radical (unpaired) electrons. The van der Waals surface area contributed by atoms with Crippen LogP contribution in [0.1, 0.15) is 19.0 Å². The molecule has 1 aliphatic heterocycles. The highest BCUT2D eigenvalue weighted by molar-refractivity contribution is 5.92. The van der Waals surface area contributed by atoms with Gasteiger partial charge in [0.2, 0.25) is 0 Å². The third-order valence-electron chi connectivity index (χ3n) is 4.48. The van der Waals surface area contributed by atoms with Crippen LogP contribution < -0.4 is 10.1 Å². The van der Waals surface area contributed by atoms with Gasteiger partial charge in [-0.05, 0) is 31.6 Å². The quantitative estimate of drug-likeness (QED) is 0.869. The molecule has 2 heterocycles. The Kier molecular flexibility index (Phi) is 3.71. The minimum absolute atomic E-state index is 0.119. The SMILES string of the molecule is COc1ccc2c(C3=C(C)NC4=CC(OC(F)(F)F)=CCC43)noc2c1. The van der Waals surface area contributed by atoms with Crippen molar-refractivity contribution < 1.29 is 27.2 Å². The van der Waals surface area contributed by atoms with Gasteiger partial charge in [0.25, 0.3) is 0 Å². The molecule has 2 aliphatic rings. The van der Waals surface area contributed by atoms with Gasteiger partial charge in [-0.15, -0.1) is 13.2 Å². The maximum absolute atomic E-state index is 12.4. The Labute approximate surface area is 146 Å². The van der Waals surface area contributed by atoms with Crippen molar-refractivity contribution in [3.63, 3.8) is 0 Å². The van der Waals surface area contributed by atoms with E-state index in [1.54, 1.807) is 13.2 Å². The molecule has 136 valence electrons. The molecule has 1 aromatic carbocycles. The van der Waals surface area contributed by atoms with E-state index in [9.17, 15) is 13.2 Å². The molecule has 26 heavy (non-hydrogen) atoms. The Morgan fingerprint density at radius 3 is 2.85 bits per heavy atom. The van der Waals surface area contributed by atoms with Crippen LogP contribution in [0.5, 0.6) is 5.75 Å². The summed E-state index contributed by atoms with van der Waals surface area (Å²) >= 11 is 0. The first kappa shape index (κ1) is 16.6. The van der Waals surface area contributed by atoms with E-state index in [-0.39, 0.29) is 11.7 Å². The van der Waals surface area contributed by atoms with Crippen LogP contribution in [-0.4, -0.2) is 18.6 Å². The van der Waals surface area contributed by atoms with Crippen molar-refractivity contribution in [2.45, 2.75) is 19.7 Å². The van der Waals surface area contributed by atoms with Crippen molar-refractivity contribution in [2.24, 2.45) is 5.92 Å². The monoisotopic (exact) mass is 364 g/mol. The maximum Gasteiger partial charge on any atom is 0.573 e. The van der Waals surface area contributed by atoms with Crippen molar-refractivity contribution in [3.05, 3.63) is 53.2 Å². The van der Waals surface area contributed by atoms with Gasteiger partial charge in [-0.25, -0.2) is 0 Å². The van der Waals surface area contributed by atoms with E-state index in [0.717, 1.165) is 16.7 Å². The summed E-state index contributed by atoms with van der Waals surface area (Å²) in [6.07, 6.45) is -1.51. The fourth-order valence-corrected chi connectivity index (χ4v) is 3.40. The molecule has 8 heteroatoms. The van der Waals surface area contributed by atoms with Crippen LogP contribution in [0.2, 0.25) is 0 Å². The highest BCUT2D eigenvalue weighted by atomic mass is 19.4. The highest BCUT2D eigenvalue weighted by Gasteiger charge is 2.36. The van der Waals surface area contributed by atoms with Crippen LogP contribution in [0, 0.1) is 5.92 Å². The number of aromatic nitrogens is 1. The molecule has 0 saturated carbocycles. The number of nitrogens with one attached hydrogen (secondary N) is 1. The van der Waals surface area contributed by atoms with Crippen LogP contribution in [0.25, 0.3) is 16.5 Å². The molecule has 0 saturated heterocycles. The van der Waals surface area contributed by atoms with Gasteiger partial charge < -0.3 is 19.3 Å². The molecular weight excluding hydrogens is 349 g/mol. The number of ether oxygens (including phenoxy) is 2. The molecule has 2 aromatic rings. The van der Waals surface area contributed by atoms with Crippen molar-refractivity contribution in [1.29, 1.82) is 0 Å². The van der Waals surface area contributed by atoms with Gasteiger partial charge in [0.15, 0.2) is 5.58 Å². The Hall–Kier alpha value is -2.90. The lowest BCUT2D eigenvalue weighted by Gasteiger charge is -2.20. The summed E-state index contributed by atoms with van der Waals surface area (Å²) in [6.45, 7) is 1.86. The molecule has 1 N–H and O–H groups in total. The van der Waals surface area contributed by atoms with Gasteiger partial charge >= 0.3 is 6.36 Å². The molecule has 1 atom stereocenters. The fourth-order valence-electron chi connectivity index (χ4n) is 3.40. The molecule has 1 aliphatic carbocycles. The summed E-state index contributed by atoms with van der Waals surface area (Å²) in [5.74, 6) is 0.330. The number of alkyl halides is 3. The standard InChI is InChI=1S/C18H15F3N2O3/c1-9-16(17-13-6-3-10(24-2)8-15(13)26-23-17)12-5-4-11(7-14(12)22-9)25-18(19,20)21/h3-4,6-8,12,22H,5H2,1-2H3. The molecule has 1 aromatic heterocycles. The normalized spacial score (nSPS) is 19.8. The summed E-state index contributed by atoms with van der Waals surface area (Å²) in [5.41, 5.74) is 3.65. The van der Waals surface area contributed by atoms with E-state index in [1.807, 2.05) is 19.1 Å². The minimum Gasteiger partial charge on any atom is -0.497 e. The lowest BCUT2D eigenvalue weighted by atomic mass is 9.88. The molecule has 0 spiro atoms. The van der Waals surface area contributed by atoms with E-state index in [4.69, 9.17) is 9.26 Å². The zero-order valence-corrected chi connectivity index (χ0v) is 14.0. The summed E-state index contributed by atoms with van der Waals surface area (Å²) in [6, 6.07) is 5.42. The third-order valence-corrected chi connectivity index (χ3v) is 4.48. The zero-order valence-electron chi connectivity index (χ0n) is 14.0. The molecule has 0 fully saturated rings. The van der Waals surface area contributed by atoms with Crippen LogP contribution in [0.4, 0.5) is 13.2 Å². The summed E-state index contributed by atoms with van der Waals surface area (Å²) in [5, 5.41) is 8.15. The van der Waals surface area contributed by atoms with E-state index < -0.39 is 6.36 Å². The van der Waals surface area contributed by atoms with Crippen LogP contribution >= 0.6 is 0 Å². The smallest absolute Gasteiger partial charge is 0.497 e. The number of nitrogens with zero attached hydrogens (tertiary/aromatic N) is 1. The van der Waals surface area contributed by atoms with Crippen LogP contribution in [0.15, 0.2) is 52.0 Å². The largest absolute Gasteiger partial charge is 0.573 e. The molecule has 4 rings (SSSR count). The Balaban J connectivity index is 1.68. The van der Waals surface area contributed by atoms with Crippen molar-refractivity contribution in [1.82, 2.24) is 10.5 Å². The predicted molar refractivity (Wildman–Crippen MR) is 87.7 cm³/mol. The number of fused-ring (bicyclic) bond motifs is 2. The minimum atomic E-state index is -4.71. The van der Waals surface area contributed by atoms with E-state index >= 15 is 0 Å². The molecule has 1 unspecified atom stereocenters. The summed E-state index contributed by atoms with van der Waals surface area (Å²) in [4.78, 5) is 0. The third kappa shape index (κ3) is 2.81. The van der Waals surface area contributed by atoms with Crippen LogP contribution in [-0.2, 0) is 4.74 Å². The van der Waals surface area contributed by atoms with Crippen LogP contribution in [0.3, 0.4) is 0 Å². The molecular formula is C18H15F3N2O3. The maximum atomic E-state index is 12.4. The predicted octanol–water partition coefficient (Wildman–Crippen LogP) is 4.49. The molecule has 0 amide bonds. The number of benzene rings is 1. The second kappa shape index (κ2) is 5.82. The Bertz CT molecular complexity index is 970. The lowest BCUT2D eigenvalue weighted by molar-refractivity contribution is -0.303. The molecule has 0 bridgehead atoms. The molecule has 5 nitrogen and oxygen atoms in total. The first-order chi connectivity index (χ1) is 12.4. The first-order valence-corrected chi connectivity index (χ1v) is 7.95. The Morgan fingerprint density at radius 2 is 2.12 bits per heavy atom. The van der Waals surface area contributed by atoms with Crippen molar-refractivity contribution in [3.8, 4) is 5.75 Å². The van der Waals surface area contributed by atoms with E-state index in [2.05, 4.69) is 15.2 Å². The number of methoxy groups -OCH3 is 1. The number of hydrogen-bond donors (Lipinski definition) is 1. The van der Waals surface area contributed by atoms with Crippen molar-refractivity contribution >= 4 is 16.5 Å². The van der Waals surface area contributed by atoms with Gasteiger partial charge in [0, 0.05) is 40.4 Å². The second-order valence-corrected chi connectivity index (χ2v) is 6.10. The summed E-state index contributed by atoms with van der Waals surface area (Å²) in [7, 11) is 1.57. The van der Waals surface area contributed by atoms with Gasteiger partial charge in [-0.1, -0.05) is 5.16 Å². The average Bonchev–Trinajstić information content (AvgIpc) is 3.11. The van der Waals surface area contributed by atoms with Gasteiger partial charge in [-0.3, -0.25) is 0 Å². The Morgan fingerprint density at radius 1 is 1.31 bits per heavy atom. The number of hydrogen-bond acceptors (Lipinski definition) is 5. The zero-order chi connectivity index (χ0) is 18.5. The summed E-state index contributed by atoms with van der Waals surface area (Å²) < 4.78 is 51.9. The van der Waals surface area contributed by atoms with Gasteiger partial charge in [0.05, 0.1) is 7.11 Å². The fraction of sp³-hybridized carbons (Fsp3) is 0.278. The average molecular weight is 364 g/mol. The lowest BCUT2D eigenvalue weighted by Crippen LogP contribution is -2.17. The van der Waals surface area contributed by atoms with Gasteiger partial charge in [0.1, 0.15) is 17.2 Å². The topological polar surface area (TPSA) is 56.5 Å². The highest BCUT2D eigenvalue weighted by Crippen LogP contribution is 2.43. The number of allylic oxidation sites excluding steroid dienone is 4. The number of rotatable bonds is 3. The van der Waals surface area contributed by atoms with Gasteiger partial charge in [-0.2, -0.15) is 0 Å². The van der Waals surface area contributed by atoms with E-state index in [0.29, 0.717) is 29.1 Å². The number of halogens is 3. The van der Waals surface area contributed by atoms with E-state index in [1.165, 1.54) is 12.2 Å². The second-order valence-electron chi connectivity index (χ2n) is 6.10. The van der Waals surface area contributed by atoms with Crippen molar-refractivity contribution in [2.75, 3.05) is 7.11 Å². The first-order valence-electron chi connectivity index (χ1n) is 7.95.